The van der Waals surface area contributed by atoms with Crippen LogP contribution in [0.15, 0.2) is 9.21 Å². The first-order valence-electron chi connectivity index (χ1n) is 6.31. The quantitative estimate of drug-likeness (QED) is 0.580. The minimum absolute atomic E-state index is 0.165. The van der Waals surface area contributed by atoms with Crippen LogP contribution < -0.4 is 10.9 Å². The zero-order chi connectivity index (χ0) is 17.4. The van der Waals surface area contributed by atoms with E-state index in [1.807, 2.05) is 0 Å². The second kappa shape index (κ2) is 5.51. The van der Waals surface area contributed by atoms with Crippen LogP contribution in [0, 0.1) is 6.92 Å². The molecule has 1 amide bonds. The maximum atomic E-state index is 12.0. The fourth-order valence-electron chi connectivity index (χ4n) is 1.70. The number of aromatic carboxylic acids is 1. The molecule has 2 aromatic rings. The average Bonchev–Trinajstić information content (AvgIpc) is 2.87. The lowest BCUT2D eigenvalue weighted by atomic mass is 10.0. The molecule has 23 heavy (non-hydrogen) atoms. The summed E-state index contributed by atoms with van der Waals surface area (Å²) in [6.07, 6.45) is 0. The van der Waals surface area contributed by atoms with E-state index in [1.165, 1.54) is 20.8 Å². The van der Waals surface area contributed by atoms with Crippen molar-refractivity contribution in [2.24, 2.45) is 0 Å². The SMILES string of the molecule is Cc1nnc(C(=O)NC(C)(C)c2nc(C(=O)O)c(O)c(=O)[nH]2)o1. The van der Waals surface area contributed by atoms with Crippen LogP contribution >= 0.6 is 0 Å². The Morgan fingerprint density at radius 1 is 1.30 bits per heavy atom. The zero-order valence-corrected chi connectivity index (χ0v) is 12.4. The van der Waals surface area contributed by atoms with Crippen LogP contribution in [0.3, 0.4) is 0 Å². The highest BCUT2D eigenvalue weighted by molar-refractivity contribution is 5.90. The van der Waals surface area contributed by atoms with Gasteiger partial charge >= 0.3 is 17.8 Å². The predicted molar refractivity (Wildman–Crippen MR) is 73.0 cm³/mol. The third kappa shape index (κ3) is 3.17. The number of nitrogens with one attached hydrogen (secondary N) is 2. The molecule has 2 rings (SSSR count). The zero-order valence-electron chi connectivity index (χ0n) is 12.4. The molecule has 0 aliphatic rings. The molecule has 0 atom stereocenters. The largest absolute Gasteiger partial charge is 0.501 e. The summed E-state index contributed by atoms with van der Waals surface area (Å²) in [6, 6.07) is 0. The Hall–Kier alpha value is -3.24. The predicted octanol–water partition coefficient (Wildman–Crippen LogP) is -0.470. The Bertz CT molecular complexity index is 837. The Kier molecular flexibility index (Phi) is 3.87. The number of carboxylic acids is 1. The van der Waals surface area contributed by atoms with E-state index in [-0.39, 0.29) is 17.6 Å². The Morgan fingerprint density at radius 3 is 2.48 bits per heavy atom. The summed E-state index contributed by atoms with van der Waals surface area (Å²) in [5, 5.41) is 27.9. The second-order valence-corrected chi connectivity index (χ2v) is 5.12. The van der Waals surface area contributed by atoms with Crippen molar-refractivity contribution in [3.63, 3.8) is 0 Å². The van der Waals surface area contributed by atoms with Gasteiger partial charge in [-0.3, -0.25) is 9.59 Å². The third-order valence-corrected chi connectivity index (χ3v) is 2.84. The highest BCUT2D eigenvalue weighted by atomic mass is 16.4. The van der Waals surface area contributed by atoms with Gasteiger partial charge in [0.25, 0.3) is 5.56 Å². The summed E-state index contributed by atoms with van der Waals surface area (Å²) in [5.41, 5.74) is -3.14. The normalized spacial score (nSPS) is 11.3. The summed E-state index contributed by atoms with van der Waals surface area (Å²) in [5.74, 6) is -3.60. The van der Waals surface area contributed by atoms with Crippen LogP contribution in [0.25, 0.3) is 0 Å². The van der Waals surface area contributed by atoms with E-state index in [1.54, 1.807) is 0 Å². The van der Waals surface area contributed by atoms with E-state index >= 15 is 0 Å². The number of carbonyl (C=O) groups excluding carboxylic acids is 1. The van der Waals surface area contributed by atoms with Crippen LogP contribution in [0.1, 0.15) is 46.7 Å². The molecule has 0 spiro atoms. The number of rotatable bonds is 4. The molecular formula is C12H13N5O6. The number of aromatic amines is 1. The number of H-pyrrole nitrogens is 1. The van der Waals surface area contributed by atoms with Crippen LogP contribution in [-0.4, -0.2) is 42.3 Å². The van der Waals surface area contributed by atoms with Gasteiger partial charge in [0.2, 0.25) is 11.6 Å². The Labute approximate surface area is 128 Å². The number of aromatic hydroxyl groups is 1. The van der Waals surface area contributed by atoms with Crippen molar-refractivity contribution >= 4 is 11.9 Å². The number of carbonyl (C=O) groups is 2. The minimum Gasteiger partial charge on any atom is -0.501 e. The van der Waals surface area contributed by atoms with Crippen molar-refractivity contribution in [2.45, 2.75) is 26.3 Å². The third-order valence-electron chi connectivity index (χ3n) is 2.84. The van der Waals surface area contributed by atoms with E-state index in [9.17, 15) is 19.5 Å². The molecule has 0 aliphatic heterocycles. The van der Waals surface area contributed by atoms with Gasteiger partial charge in [0.05, 0.1) is 5.54 Å². The molecule has 4 N–H and O–H groups in total. The monoisotopic (exact) mass is 323 g/mol. The minimum atomic E-state index is -1.58. The van der Waals surface area contributed by atoms with Gasteiger partial charge in [0.1, 0.15) is 5.82 Å². The molecule has 11 nitrogen and oxygen atoms in total. The molecule has 0 aliphatic carbocycles. The topological polar surface area (TPSA) is 171 Å². The lowest BCUT2D eigenvalue weighted by Gasteiger charge is -2.24. The highest BCUT2D eigenvalue weighted by Gasteiger charge is 2.30. The van der Waals surface area contributed by atoms with Crippen molar-refractivity contribution in [1.82, 2.24) is 25.5 Å². The van der Waals surface area contributed by atoms with Crippen LogP contribution in [-0.2, 0) is 5.54 Å². The Morgan fingerprint density at radius 2 is 1.96 bits per heavy atom. The lowest BCUT2D eigenvalue weighted by Crippen LogP contribution is -2.43. The first-order chi connectivity index (χ1) is 10.6. The van der Waals surface area contributed by atoms with Gasteiger partial charge in [-0.25, -0.2) is 9.78 Å². The molecule has 0 saturated carbocycles. The summed E-state index contributed by atoms with van der Waals surface area (Å²) >= 11 is 0. The molecular weight excluding hydrogens is 310 g/mol. The van der Waals surface area contributed by atoms with Gasteiger partial charge in [0.15, 0.2) is 5.69 Å². The number of aryl methyl sites for hydroxylation is 1. The van der Waals surface area contributed by atoms with Crippen LogP contribution in [0.2, 0.25) is 0 Å². The van der Waals surface area contributed by atoms with Crippen LogP contribution in [0.4, 0.5) is 0 Å². The van der Waals surface area contributed by atoms with Gasteiger partial charge in [-0.15, -0.1) is 10.2 Å². The molecule has 0 bridgehead atoms. The smallest absolute Gasteiger partial charge is 0.358 e. The number of carboxylic acid groups (broad SMARTS) is 1. The number of hydrogen-bond acceptors (Lipinski definition) is 8. The molecule has 0 saturated heterocycles. The summed E-state index contributed by atoms with van der Waals surface area (Å²) in [4.78, 5) is 40.5. The van der Waals surface area contributed by atoms with Gasteiger partial charge < -0.3 is 24.9 Å². The number of nitrogens with zero attached hydrogens (tertiary/aromatic N) is 3. The molecule has 2 aromatic heterocycles. The van der Waals surface area contributed by atoms with Crippen molar-refractivity contribution in [3.05, 3.63) is 33.7 Å². The molecule has 0 fully saturated rings. The summed E-state index contributed by atoms with van der Waals surface area (Å²) in [7, 11) is 0. The fourth-order valence-corrected chi connectivity index (χ4v) is 1.70. The maximum Gasteiger partial charge on any atom is 0.358 e. The molecule has 0 aromatic carbocycles. The van der Waals surface area contributed by atoms with Crippen LogP contribution in [0.5, 0.6) is 5.75 Å². The molecule has 11 heteroatoms. The van der Waals surface area contributed by atoms with Crippen molar-refractivity contribution in [3.8, 4) is 5.75 Å². The van der Waals surface area contributed by atoms with E-state index in [4.69, 9.17) is 9.52 Å². The summed E-state index contributed by atoms with van der Waals surface area (Å²) < 4.78 is 4.97. The van der Waals surface area contributed by atoms with Gasteiger partial charge in [-0.1, -0.05) is 0 Å². The van der Waals surface area contributed by atoms with Gasteiger partial charge in [0, 0.05) is 6.92 Å². The van der Waals surface area contributed by atoms with E-state index < -0.39 is 34.4 Å². The Balaban J connectivity index is 2.38. The van der Waals surface area contributed by atoms with Gasteiger partial charge in [-0.2, -0.15) is 0 Å². The fraction of sp³-hybridized carbons (Fsp3) is 0.333. The lowest BCUT2D eigenvalue weighted by molar-refractivity contribution is 0.0685. The van der Waals surface area contributed by atoms with E-state index in [0.29, 0.717) is 0 Å². The van der Waals surface area contributed by atoms with Crippen molar-refractivity contribution < 1.29 is 24.2 Å². The standard InChI is InChI=1S/C12H13N5O6/c1-4-16-17-9(23-4)8(20)15-12(2,3)11-13-5(10(21)22)6(18)7(19)14-11/h18H,1-3H3,(H,15,20)(H,21,22)(H,13,14,19). The highest BCUT2D eigenvalue weighted by Crippen LogP contribution is 2.18. The van der Waals surface area contributed by atoms with Crippen molar-refractivity contribution in [2.75, 3.05) is 0 Å². The first-order valence-corrected chi connectivity index (χ1v) is 6.31. The molecule has 2 heterocycles. The second-order valence-electron chi connectivity index (χ2n) is 5.12. The van der Waals surface area contributed by atoms with E-state index in [2.05, 4.69) is 25.5 Å². The first kappa shape index (κ1) is 16.1. The molecule has 0 radical (unpaired) electrons. The van der Waals surface area contributed by atoms with E-state index in [0.717, 1.165) is 0 Å². The molecule has 0 unspecified atom stereocenters. The summed E-state index contributed by atoms with van der Waals surface area (Å²) in [6.45, 7) is 4.44. The maximum absolute atomic E-state index is 12.0. The number of hydrogen-bond donors (Lipinski definition) is 4. The van der Waals surface area contributed by atoms with Gasteiger partial charge in [-0.05, 0) is 13.8 Å². The number of aromatic nitrogens is 4. The number of amides is 1. The average molecular weight is 323 g/mol. The van der Waals surface area contributed by atoms with Crippen molar-refractivity contribution in [1.29, 1.82) is 0 Å². The molecule has 122 valence electrons.